The standard InChI is InChI=1S/C16H17NS/c1-11-2-4-12(5-3-11)14-8-13-9-17-10-16(6-7-16)15(13)18-14/h2-5,8,17H,6-7,9-10H2,1H3. The maximum absolute atomic E-state index is 3.57. The molecule has 1 aromatic carbocycles. The Hall–Kier alpha value is -1.12. The minimum absolute atomic E-state index is 0.515. The Labute approximate surface area is 112 Å². The van der Waals surface area contributed by atoms with E-state index in [0.29, 0.717) is 5.41 Å². The van der Waals surface area contributed by atoms with Crippen molar-refractivity contribution >= 4 is 11.3 Å². The SMILES string of the molecule is Cc1ccc(-c2cc3c(s2)C2(CC2)CNC3)cc1. The van der Waals surface area contributed by atoms with Crippen LogP contribution in [0.1, 0.15) is 28.8 Å². The van der Waals surface area contributed by atoms with Crippen LogP contribution < -0.4 is 5.32 Å². The Morgan fingerprint density at radius 3 is 2.67 bits per heavy atom. The lowest BCUT2D eigenvalue weighted by Crippen LogP contribution is -2.31. The van der Waals surface area contributed by atoms with Crippen LogP contribution in [-0.2, 0) is 12.0 Å². The van der Waals surface area contributed by atoms with E-state index in [-0.39, 0.29) is 0 Å². The highest BCUT2D eigenvalue weighted by molar-refractivity contribution is 7.15. The molecule has 0 radical (unpaired) electrons. The molecule has 1 aromatic heterocycles. The Bertz CT molecular complexity index is 590. The molecular formula is C16H17NS. The fourth-order valence-electron chi connectivity index (χ4n) is 2.94. The van der Waals surface area contributed by atoms with Crippen molar-refractivity contribution in [2.45, 2.75) is 31.7 Å². The van der Waals surface area contributed by atoms with Gasteiger partial charge in [-0.3, -0.25) is 0 Å². The van der Waals surface area contributed by atoms with Gasteiger partial charge in [0.15, 0.2) is 0 Å². The zero-order chi connectivity index (χ0) is 12.2. The van der Waals surface area contributed by atoms with E-state index in [1.54, 1.807) is 10.4 Å². The molecule has 2 aliphatic rings. The third-order valence-corrected chi connectivity index (χ3v) is 5.73. The summed E-state index contributed by atoms with van der Waals surface area (Å²) in [5.41, 5.74) is 4.76. The van der Waals surface area contributed by atoms with Crippen LogP contribution in [0.2, 0.25) is 0 Å². The van der Waals surface area contributed by atoms with Gasteiger partial charge in [-0.15, -0.1) is 11.3 Å². The second-order valence-electron chi connectivity index (χ2n) is 5.71. The maximum Gasteiger partial charge on any atom is 0.0349 e. The minimum Gasteiger partial charge on any atom is -0.312 e. The Morgan fingerprint density at radius 2 is 1.94 bits per heavy atom. The van der Waals surface area contributed by atoms with Gasteiger partial charge in [0, 0.05) is 28.3 Å². The highest BCUT2D eigenvalue weighted by Crippen LogP contribution is 2.54. The van der Waals surface area contributed by atoms with E-state index < -0.39 is 0 Å². The van der Waals surface area contributed by atoms with Crippen molar-refractivity contribution in [1.29, 1.82) is 0 Å². The molecule has 92 valence electrons. The maximum atomic E-state index is 3.57. The Kier molecular flexibility index (Phi) is 2.21. The minimum atomic E-state index is 0.515. The van der Waals surface area contributed by atoms with Crippen LogP contribution in [0.15, 0.2) is 30.3 Å². The Balaban J connectivity index is 1.79. The summed E-state index contributed by atoms with van der Waals surface area (Å²) in [6.45, 7) is 4.39. The normalized spacial score (nSPS) is 19.8. The molecule has 2 heterocycles. The molecular weight excluding hydrogens is 238 g/mol. The predicted octanol–water partition coefficient (Wildman–Crippen LogP) is 3.86. The first-order valence-corrected chi connectivity index (χ1v) is 7.49. The van der Waals surface area contributed by atoms with Gasteiger partial charge in [-0.2, -0.15) is 0 Å². The van der Waals surface area contributed by atoms with Gasteiger partial charge in [0.2, 0.25) is 0 Å². The van der Waals surface area contributed by atoms with Crippen LogP contribution in [0, 0.1) is 6.92 Å². The van der Waals surface area contributed by atoms with Crippen molar-refractivity contribution in [1.82, 2.24) is 5.32 Å². The largest absolute Gasteiger partial charge is 0.312 e. The summed E-state index contributed by atoms with van der Waals surface area (Å²) in [5, 5.41) is 3.57. The molecule has 18 heavy (non-hydrogen) atoms. The fourth-order valence-corrected chi connectivity index (χ4v) is 4.37. The van der Waals surface area contributed by atoms with Crippen LogP contribution in [0.5, 0.6) is 0 Å². The van der Waals surface area contributed by atoms with Crippen molar-refractivity contribution in [3.63, 3.8) is 0 Å². The second kappa shape index (κ2) is 3.69. The molecule has 2 heteroatoms. The second-order valence-corrected chi connectivity index (χ2v) is 6.77. The molecule has 1 spiro atoms. The van der Waals surface area contributed by atoms with Gasteiger partial charge in [-0.25, -0.2) is 0 Å². The average Bonchev–Trinajstić information content (AvgIpc) is 3.00. The number of fused-ring (bicyclic) bond motifs is 2. The van der Waals surface area contributed by atoms with Gasteiger partial charge in [0.05, 0.1) is 0 Å². The van der Waals surface area contributed by atoms with Gasteiger partial charge in [0.25, 0.3) is 0 Å². The first kappa shape index (κ1) is 10.8. The lowest BCUT2D eigenvalue weighted by atomic mass is 9.97. The molecule has 1 saturated carbocycles. The average molecular weight is 255 g/mol. The van der Waals surface area contributed by atoms with Crippen LogP contribution in [0.4, 0.5) is 0 Å². The molecule has 1 aliphatic heterocycles. The van der Waals surface area contributed by atoms with Gasteiger partial charge in [-0.1, -0.05) is 29.8 Å². The van der Waals surface area contributed by atoms with E-state index in [1.807, 2.05) is 11.3 Å². The van der Waals surface area contributed by atoms with Crippen LogP contribution in [0.3, 0.4) is 0 Å². The molecule has 0 saturated heterocycles. The predicted molar refractivity (Wildman–Crippen MR) is 77.1 cm³/mol. The zero-order valence-corrected chi connectivity index (χ0v) is 11.4. The van der Waals surface area contributed by atoms with Crippen molar-refractivity contribution in [3.05, 3.63) is 46.3 Å². The van der Waals surface area contributed by atoms with Gasteiger partial charge < -0.3 is 5.32 Å². The van der Waals surface area contributed by atoms with Crippen molar-refractivity contribution in [2.24, 2.45) is 0 Å². The summed E-state index contributed by atoms with van der Waals surface area (Å²) >= 11 is 2.02. The third kappa shape index (κ3) is 1.56. The van der Waals surface area contributed by atoms with Gasteiger partial charge >= 0.3 is 0 Å². The van der Waals surface area contributed by atoms with Crippen LogP contribution >= 0.6 is 11.3 Å². The number of hydrogen-bond acceptors (Lipinski definition) is 2. The summed E-state index contributed by atoms with van der Waals surface area (Å²) in [7, 11) is 0. The van der Waals surface area contributed by atoms with E-state index in [0.717, 1.165) is 6.54 Å². The van der Waals surface area contributed by atoms with Crippen molar-refractivity contribution in [3.8, 4) is 10.4 Å². The monoisotopic (exact) mass is 255 g/mol. The molecule has 1 fully saturated rings. The molecule has 2 aromatic rings. The molecule has 4 rings (SSSR count). The summed E-state index contributed by atoms with van der Waals surface area (Å²) in [6, 6.07) is 11.3. The number of hydrogen-bond donors (Lipinski definition) is 1. The van der Waals surface area contributed by atoms with Crippen molar-refractivity contribution < 1.29 is 0 Å². The molecule has 0 bridgehead atoms. The molecule has 0 amide bonds. The van der Waals surface area contributed by atoms with E-state index >= 15 is 0 Å². The number of aryl methyl sites for hydroxylation is 1. The van der Waals surface area contributed by atoms with E-state index in [1.165, 1.54) is 35.4 Å². The highest BCUT2D eigenvalue weighted by Gasteiger charge is 2.48. The highest BCUT2D eigenvalue weighted by atomic mass is 32.1. The topological polar surface area (TPSA) is 12.0 Å². The quantitative estimate of drug-likeness (QED) is 0.816. The number of benzene rings is 1. The fraction of sp³-hybridized carbons (Fsp3) is 0.375. The number of rotatable bonds is 1. The van der Waals surface area contributed by atoms with E-state index in [2.05, 4.69) is 42.6 Å². The van der Waals surface area contributed by atoms with Gasteiger partial charge in [-0.05, 0) is 37.0 Å². The van der Waals surface area contributed by atoms with Crippen molar-refractivity contribution in [2.75, 3.05) is 6.54 Å². The van der Waals surface area contributed by atoms with Crippen LogP contribution in [0.25, 0.3) is 10.4 Å². The number of nitrogens with one attached hydrogen (secondary N) is 1. The zero-order valence-electron chi connectivity index (χ0n) is 10.6. The molecule has 1 nitrogen and oxygen atoms in total. The molecule has 0 atom stereocenters. The lowest BCUT2D eigenvalue weighted by molar-refractivity contribution is 0.541. The van der Waals surface area contributed by atoms with E-state index in [4.69, 9.17) is 0 Å². The lowest BCUT2D eigenvalue weighted by Gasteiger charge is -2.22. The summed E-state index contributed by atoms with van der Waals surface area (Å²) in [5.74, 6) is 0. The third-order valence-electron chi connectivity index (χ3n) is 4.26. The molecule has 1 aliphatic carbocycles. The van der Waals surface area contributed by atoms with Crippen LogP contribution in [-0.4, -0.2) is 6.54 Å². The molecule has 0 unspecified atom stereocenters. The number of thiophene rings is 1. The summed E-state index contributed by atoms with van der Waals surface area (Å²) < 4.78 is 0. The first-order chi connectivity index (χ1) is 8.77. The molecule has 1 N–H and O–H groups in total. The smallest absolute Gasteiger partial charge is 0.0349 e. The van der Waals surface area contributed by atoms with E-state index in [9.17, 15) is 0 Å². The Morgan fingerprint density at radius 1 is 1.17 bits per heavy atom. The summed E-state index contributed by atoms with van der Waals surface area (Å²) in [4.78, 5) is 3.10. The van der Waals surface area contributed by atoms with Gasteiger partial charge in [0.1, 0.15) is 0 Å². The first-order valence-electron chi connectivity index (χ1n) is 6.68. The summed E-state index contributed by atoms with van der Waals surface area (Å²) in [6.07, 6.45) is 2.75.